The van der Waals surface area contributed by atoms with Gasteiger partial charge in [-0.3, -0.25) is 0 Å². The summed E-state index contributed by atoms with van der Waals surface area (Å²) in [6.45, 7) is 4.33. The van der Waals surface area contributed by atoms with Gasteiger partial charge in [0.25, 0.3) is 0 Å². The van der Waals surface area contributed by atoms with Crippen LogP contribution in [0.3, 0.4) is 0 Å². The van der Waals surface area contributed by atoms with Crippen LogP contribution in [0.4, 0.5) is 0 Å². The first-order chi connectivity index (χ1) is 11.0. The average molecular weight is 306 g/mol. The molecule has 0 spiro atoms. The molecule has 0 fully saturated rings. The van der Waals surface area contributed by atoms with Crippen LogP contribution < -0.4 is 0 Å². The van der Waals surface area contributed by atoms with Gasteiger partial charge in [-0.25, -0.2) is 9.48 Å². The van der Waals surface area contributed by atoms with Crippen LogP contribution in [0.15, 0.2) is 60.8 Å². The van der Waals surface area contributed by atoms with Crippen LogP contribution in [-0.4, -0.2) is 20.9 Å². The van der Waals surface area contributed by atoms with Gasteiger partial charge < -0.3 is 5.11 Å². The van der Waals surface area contributed by atoms with Crippen LogP contribution in [0.25, 0.3) is 16.9 Å². The second-order valence-corrected chi connectivity index (χ2v) is 5.78. The molecule has 4 heteroatoms. The van der Waals surface area contributed by atoms with Crippen LogP contribution >= 0.6 is 0 Å². The van der Waals surface area contributed by atoms with Crippen LogP contribution in [0.2, 0.25) is 0 Å². The van der Waals surface area contributed by atoms with E-state index < -0.39 is 5.97 Å². The summed E-state index contributed by atoms with van der Waals surface area (Å²) in [7, 11) is 0. The highest BCUT2D eigenvalue weighted by Gasteiger charge is 2.07. The number of hydrogen-bond donors (Lipinski definition) is 1. The van der Waals surface area contributed by atoms with Crippen LogP contribution in [0.5, 0.6) is 0 Å². The minimum atomic E-state index is -0.941. The van der Waals surface area contributed by atoms with Gasteiger partial charge in [-0.05, 0) is 35.7 Å². The zero-order valence-corrected chi connectivity index (χ0v) is 13.1. The van der Waals surface area contributed by atoms with Crippen molar-refractivity contribution in [2.24, 2.45) is 0 Å². The topological polar surface area (TPSA) is 55.1 Å². The maximum atomic E-state index is 11.1. The van der Waals surface area contributed by atoms with Crippen LogP contribution in [0.1, 0.15) is 35.7 Å². The number of carboxylic acid groups (broad SMARTS) is 1. The van der Waals surface area contributed by atoms with Gasteiger partial charge in [0.15, 0.2) is 0 Å². The van der Waals surface area contributed by atoms with Crippen LogP contribution in [0, 0.1) is 0 Å². The Balaban J connectivity index is 1.91. The molecular weight excluding hydrogens is 288 g/mol. The Kier molecular flexibility index (Phi) is 3.98. The van der Waals surface area contributed by atoms with E-state index in [4.69, 9.17) is 5.11 Å². The summed E-state index contributed by atoms with van der Waals surface area (Å²) in [5, 5.41) is 13.6. The predicted octanol–water partition coefficient (Wildman–Crippen LogP) is 4.36. The Hall–Kier alpha value is -2.88. The van der Waals surface area contributed by atoms with E-state index in [0.29, 0.717) is 5.92 Å². The smallest absolute Gasteiger partial charge is 0.335 e. The Morgan fingerprint density at radius 1 is 1.09 bits per heavy atom. The molecule has 0 aliphatic carbocycles. The van der Waals surface area contributed by atoms with E-state index in [9.17, 15) is 4.79 Å². The fourth-order valence-corrected chi connectivity index (χ4v) is 2.44. The second-order valence-electron chi connectivity index (χ2n) is 5.78. The Labute approximate surface area is 135 Å². The third-order valence-corrected chi connectivity index (χ3v) is 3.82. The molecule has 0 radical (unpaired) electrons. The maximum Gasteiger partial charge on any atom is 0.335 e. The first kappa shape index (κ1) is 15.0. The molecule has 116 valence electrons. The van der Waals surface area contributed by atoms with Gasteiger partial charge in [0, 0.05) is 11.8 Å². The van der Waals surface area contributed by atoms with E-state index in [0.717, 1.165) is 16.9 Å². The SMILES string of the molecule is CC(C)c1ccc(-c2ccn(-c3cccc(C(=O)O)c3)n2)cc1. The molecule has 2 aromatic carbocycles. The number of rotatable bonds is 4. The molecule has 0 aliphatic rings. The van der Waals surface area contributed by atoms with Crippen molar-refractivity contribution in [1.29, 1.82) is 0 Å². The van der Waals surface area contributed by atoms with Crippen molar-refractivity contribution in [3.63, 3.8) is 0 Å². The minimum Gasteiger partial charge on any atom is -0.478 e. The van der Waals surface area contributed by atoms with Gasteiger partial charge in [0.05, 0.1) is 16.9 Å². The normalized spacial score (nSPS) is 10.9. The molecule has 3 aromatic rings. The van der Waals surface area contributed by atoms with E-state index in [2.05, 4.69) is 43.2 Å². The van der Waals surface area contributed by atoms with E-state index in [1.54, 1.807) is 22.9 Å². The summed E-state index contributed by atoms with van der Waals surface area (Å²) in [5.41, 5.74) is 4.18. The molecule has 1 aromatic heterocycles. The first-order valence-corrected chi connectivity index (χ1v) is 7.54. The largest absolute Gasteiger partial charge is 0.478 e. The lowest BCUT2D eigenvalue weighted by molar-refractivity contribution is 0.0697. The standard InChI is InChI=1S/C19H18N2O2/c1-13(2)14-6-8-15(9-7-14)18-10-11-21(20-18)17-5-3-4-16(12-17)19(22)23/h3-13H,1-2H3,(H,22,23). The molecule has 3 rings (SSSR count). The number of aromatic carboxylic acids is 1. The predicted molar refractivity (Wildman–Crippen MR) is 90.0 cm³/mol. The van der Waals surface area contributed by atoms with E-state index in [-0.39, 0.29) is 5.56 Å². The third kappa shape index (κ3) is 3.16. The number of benzene rings is 2. The number of aromatic nitrogens is 2. The van der Waals surface area contributed by atoms with Crippen molar-refractivity contribution < 1.29 is 9.90 Å². The molecule has 0 bridgehead atoms. The van der Waals surface area contributed by atoms with Gasteiger partial charge in [-0.2, -0.15) is 5.10 Å². The van der Waals surface area contributed by atoms with Gasteiger partial charge >= 0.3 is 5.97 Å². The zero-order valence-electron chi connectivity index (χ0n) is 13.1. The highest BCUT2D eigenvalue weighted by Crippen LogP contribution is 2.22. The Morgan fingerprint density at radius 2 is 1.83 bits per heavy atom. The maximum absolute atomic E-state index is 11.1. The highest BCUT2D eigenvalue weighted by molar-refractivity contribution is 5.88. The molecule has 0 atom stereocenters. The lowest BCUT2D eigenvalue weighted by Gasteiger charge is -2.06. The van der Waals surface area contributed by atoms with E-state index in [1.807, 2.05) is 18.3 Å². The molecule has 23 heavy (non-hydrogen) atoms. The Morgan fingerprint density at radius 3 is 2.48 bits per heavy atom. The fourth-order valence-electron chi connectivity index (χ4n) is 2.44. The number of carbonyl (C=O) groups is 1. The van der Waals surface area contributed by atoms with Crippen LogP contribution in [-0.2, 0) is 0 Å². The van der Waals surface area contributed by atoms with Crippen molar-refractivity contribution in [3.05, 3.63) is 71.9 Å². The molecule has 0 saturated carbocycles. The number of nitrogens with zero attached hydrogens (tertiary/aromatic N) is 2. The quantitative estimate of drug-likeness (QED) is 0.779. The first-order valence-electron chi connectivity index (χ1n) is 7.54. The lowest BCUT2D eigenvalue weighted by Crippen LogP contribution is -2.00. The van der Waals surface area contributed by atoms with E-state index in [1.165, 1.54) is 5.56 Å². The molecular formula is C19H18N2O2. The summed E-state index contributed by atoms with van der Waals surface area (Å²) in [6, 6.07) is 17.0. The van der Waals surface area contributed by atoms with Gasteiger partial charge in [0.2, 0.25) is 0 Å². The minimum absolute atomic E-state index is 0.251. The second kappa shape index (κ2) is 6.08. The average Bonchev–Trinajstić information content (AvgIpc) is 3.05. The van der Waals surface area contributed by atoms with Gasteiger partial charge in [-0.1, -0.05) is 44.2 Å². The van der Waals surface area contributed by atoms with Crippen molar-refractivity contribution >= 4 is 5.97 Å². The molecule has 0 unspecified atom stereocenters. The van der Waals surface area contributed by atoms with Crippen molar-refractivity contribution in [1.82, 2.24) is 9.78 Å². The summed E-state index contributed by atoms with van der Waals surface area (Å²) < 4.78 is 1.69. The Bertz CT molecular complexity index is 833. The molecule has 4 nitrogen and oxygen atoms in total. The molecule has 0 aliphatic heterocycles. The fraction of sp³-hybridized carbons (Fsp3) is 0.158. The van der Waals surface area contributed by atoms with E-state index >= 15 is 0 Å². The van der Waals surface area contributed by atoms with Crippen molar-refractivity contribution in [2.75, 3.05) is 0 Å². The number of carboxylic acids is 1. The molecule has 1 heterocycles. The highest BCUT2D eigenvalue weighted by atomic mass is 16.4. The number of hydrogen-bond acceptors (Lipinski definition) is 2. The van der Waals surface area contributed by atoms with Gasteiger partial charge in [0.1, 0.15) is 0 Å². The molecule has 1 N–H and O–H groups in total. The summed E-state index contributed by atoms with van der Waals surface area (Å²) in [5.74, 6) is -0.441. The summed E-state index contributed by atoms with van der Waals surface area (Å²) >= 11 is 0. The zero-order chi connectivity index (χ0) is 16.4. The van der Waals surface area contributed by atoms with Gasteiger partial charge in [-0.15, -0.1) is 0 Å². The monoisotopic (exact) mass is 306 g/mol. The summed E-state index contributed by atoms with van der Waals surface area (Å²) in [4.78, 5) is 11.1. The lowest BCUT2D eigenvalue weighted by atomic mass is 10.0. The van der Waals surface area contributed by atoms with Crippen molar-refractivity contribution in [2.45, 2.75) is 19.8 Å². The summed E-state index contributed by atoms with van der Waals surface area (Å²) in [6.07, 6.45) is 1.84. The van der Waals surface area contributed by atoms with Crippen molar-refractivity contribution in [3.8, 4) is 16.9 Å². The molecule has 0 amide bonds. The third-order valence-electron chi connectivity index (χ3n) is 3.82. The molecule has 0 saturated heterocycles.